The van der Waals surface area contributed by atoms with Gasteiger partial charge in [-0.1, -0.05) is 13.8 Å². The van der Waals surface area contributed by atoms with Crippen molar-refractivity contribution >= 4 is 11.6 Å². The highest BCUT2D eigenvalue weighted by Crippen LogP contribution is 2.10. The summed E-state index contributed by atoms with van der Waals surface area (Å²) in [6, 6.07) is 4.47. The van der Waals surface area contributed by atoms with Gasteiger partial charge in [-0.3, -0.25) is 0 Å². The Morgan fingerprint density at radius 3 is 2.81 bits per heavy atom. The molecule has 1 N–H and O–H groups in total. The molecule has 5 nitrogen and oxygen atoms in total. The van der Waals surface area contributed by atoms with Crippen molar-refractivity contribution in [1.29, 1.82) is 0 Å². The maximum atomic E-state index is 4.52. The van der Waals surface area contributed by atoms with Crippen molar-refractivity contribution in [3.8, 4) is 0 Å². The van der Waals surface area contributed by atoms with Crippen LogP contribution in [0, 0.1) is 6.92 Å². The monoisotopic (exact) mass is 289 g/mol. The van der Waals surface area contributed by atoms with Gasteiger partial charge in [0.2, 0.25) is 5.95 Å². The summed E-state index contributed by atoms with van der Waals surface area (Å²) in [5.74, 6) is 0.718. The van der Waals surface area contributed by atoms with Crippen molar-refractivity contribution in [2.24, 2.45) is 0 Å². The highest BCUT2D eigenvalue weighted by molar-refractivity contribution is 5.45. The summed E-state index contributed by atoms with van der Waals surface area (Å²) in [7, 11) is 0. The molecule has 0 saturated carbocycles. The molecule has 0 aromatic carbocycles. The van der Waals surface area contributed by atoms with Crippen molar-refractivity contribution in [2.45, 2.75) is 46.6 Å². The van der Waals surface area contributed by atoms with Gasteiger partial charge >= 0.3 is 0 Å². The number of nitrogens with one attached hydrogen (secondary N) is 1. The van der Waals surface area contributed by atoms with Crippen molar-refractivity contribution < 1.29 is 0 Å². The Kier molecular flexibility index (Phi) is 5.56. The van der Waals surface area contributed by atoms with Gasteiger partial charge in [-0.25, -0.2) is 4.52 Å². The van der Waals surface area contributed by atoms with E-state index in [1.807, 2.05) is 22.8 Å². The third-order valence-corrected chi connectivity index (χ3v) is 3.87. The van der Waals surface area contributed by atoms with Crippen LogP contribution < -0.4 is 5.32 Å². The molecule has 0 fully saturated rings. The number of anilines is 1. The molecule has 0 aliphatic carbocycles. The van der Waals surface area contributed by atoms with Gasteiger partial charge in [-0.15, -0.1) is 5.10 Å². The molecule has 2 aromatic rings. The SMILES string of the molecule is CCN(CC)CCCC(C)Nc1nc2cc(C)ccn2n1. The predicted molar refractivity (Wildman–Crippen MR) is 87.8 cm³/mol. The molecule has 1 unspecified atom stereocenters. The number of aromatic nitrogens is 3. The first-order chi connectivity index (χ1) is 10.1. The fourth-order valence-electron chi connectivity index (χ4n) is 2.50. The molecule has 0 aliphatic rings. The highest BCUT2D eigenvalue weighted by Gasteiger charge is 2.08. The molecular formula is C16H27N5. The van der Waals surface area contributed by atoms with Gasteiger partial charge in [-0.2, -0.15) is 4.98 Å². The lowest BCUT2D eigenvalue weighted by atomic mass is 10.2. The minimum absolute atomic E-state index is 0.388. The van der Waals surface area contributed by atoms with E-state index in [0.717, 1.165) is 37.7 Å². The molecule has 116 valence electrons. The highest BCUT2D eigenvalue weighted by atomic mass is 15.3. The van der Waals surface area contributed by atoms with E-state index in [2.05, 4.69) is 48.0 Å². The quantitative estimate of drug-likeness (QED) is 0.811. The van der Waals surface area contributed by atoms with E-state index in [9.17, 15) is 0 Å². The summed E-state index contributed by atoms with van der Waals surface area (Å²) in [6.07, 6.45) is 4.28. The molecule has 2 aromatic heterocycles. The topological polar surface area (TPSA) is 45.5 Å². The summed E-state index contributed by atoms with van der Waals surface area (Å²) in [4.78, 5) is 6.98. The van der Waals surface area contributed by atoms with Gasteiger partial charge in [0.05, 0.1) is 0 Å². The summed E-state index contributed by atoms with van der Waals surface area (Å²) < 4.78 is 1.82. The minimum Gasteiger partial charge on any atom is -0.350 e. The molecular weight excluding hydrogens is 262 g/mol. The van der Waals surface area contributed by atoms with Gasteiger partial charge in [0, 0.05) is 12.2 Å². The molecule has 2 rings (SSSR count). The van der Waals surface area contributed by atoms with Gasteiger partial charge in [0.15, 0.2) is 5.65 Å². The van der Waals surface area contributed by atoms with E-state index < -0.39 is 0 Å². The number of pyridine rings is 1. The minimum atomic E-state index is 0.388. The van der Waals surface area contributed by atoms with Crippen molar-refractivity contribution in [2.75, 3.05) is 25.0 Å². The fourth-order valence-corrected chi connectivity index (χ4v) is 2.50. The summed E-state index contributed by atoms with van der Waals surface area (Å²) >= 11 is 0. The average molecular weight is 289 g/mol. The Hall–Kier alpha value is -1.62. The smallest absolute Gasteiger partial charge is 0.243 e. The standard InChI is InChI=1S/C16H27N5/c1-5-20(6-2)10-7-8-14(4)17-16-18-15-12-13(3)9-11-21(15)19-16/h9,11-12,14H,5-8,10H2,1-4H3,(H,17,19). The average Bonchev–Trinajstić information content (AvgIpc) is 2.84. The zero-order chi connectivity index (χ0) is 15.2. The first-order valence-electron chi connectivity index (χ1n) is 7.94. The van der Waals surface area contributed by atoms with Crippen LogP contribution in [-0.4, -0.2) is 45.2 Å². The lowest BCUT2D eigenvalue weighted by Crippen LogP contribution is -2.25. The fraction of sp³-hybridized carbons (Fsp3) is 0.625. The van der Waals surface area contributed by atoms with Gasteiger partial charge in [0.1, 0.15) is 0 Å². The van der Waals surface area contributed by atoms with Crippen LogP contribution in [0.5, 0.6) is 0 Å². The van der Waals surface area contributed by atoms with Crippen LogP contribution in [0.1, 0.15) is 39.2 Å². The molecule has 0 aliphatic heterocycles. The number of nitrogens with zero attached hydrogens (tertiary/aromatic N) is 4. The maximum Gasteiger partial charge on any atom is 0.243 e. The molecule has 2 heterocycles. The second-order valence-corrected chi connectivity index (χ2v) is 5.66. The normalized spacial score (nSPS) is 13.0. The second-order valence-electron chi connectivity index (χ2n) is 5.66. The maximum absolute atomic E-state index is 4.52. The summed E-state index contributed by atoms with van der Waals surface area (Å²) in [6.45, 7) is 12.1. The Balaban J connectivity index is 1.85. The van der Waals surface area contributed by atoms with E-state index in [1.54, 1.807) is 0 Å². The molecule has 0 radical (unpaired) electrons. The van der Waals surface area contributed by atoms with Crippen LogP contribution in [0.4, 0.5) is 5.95 Å². The van der Waals surface area contributed by atoms with Crippen LogP contribution in [0.3, 0.4) is 0 Å². The zero-order valence-corrected chi connectivity index (χ0v) is 13.6. The van der Waals surface area contributed by atoms with E-state index >= 15 is 0 Å². The molecule has 0 amide bonds. The molecule has 0 saturated heterocycles. The Morgan fingerprint density at radius 2 is 2.10 bits per heavy atom. The third-order valence-electron chi connectivity index (χ3n) is 3.87. The van der Waals surface area contributed by atoms with Crippen molar-refractivity contribution in [3.63, 3.8) is 0 Å². The number of hydrogen-bond donors (Lipinski definition) is 1. The number of rotatable bonds is 8. The van der Waals surface area contributed by atoms with E-state index in [0.29, 0.717) is 6.04 Å². The molecule has 1 atom stereocenters. The second kappa shape index (κ2) is 7.41. The predicted octanol–water partition coefficient (Wildman–Crippen LogP) is 2.96. The van der Waals surface area contributed by atoms with E-state index in [-0.39, 0.29) is 0 Å². The largest absolute Gasteiger partial charge is 0.350 e. The number of fused-ring (bicyclic) bond motifs is 1. The van der Waals surface area contributed by atoms with Gasteiger partial charge < -0.3 is 10.2 Å². The van der Waals surface area contributed by atoms with Crippen molar-refractivity contribution in [1.82, 2.24) is 19.5 Å². The number of aryl methyl sites for hydroxylation is 1. The first-order valence-corrected chi connectivity index (χ1v) is 7.94. The van der Waals surface area contributed by atoms with Crippen molar-refractivity contribution in [3.05, 3.63) is 23.9 Å². The van der Waals surface area contributed by atoms with E-state index in [1.165, 1.54) is 12.0 Å². The third kappa shape index (κ3) is 4.43. The lowest BCUT2D eigenvalue weighted by Gasteiger charge is -2.19. The van der Waals surface area contributed by atoms with Crippen LogP contribution in [0.25, 0.3) is 5.65 Å². The van der Waals surface area contributed by atoms with Gasteiger partial charge in [-0.05, 0) is 64.0 Å². The Bertz CT molecular complexity index is 559. The Morgan fingerprint density at radius 1 is 1.33 bits per heavy atom. The Labute approximate surface area is 127 Å². The molecule has 0 spiro atoms. The zero-order valence-electron chi connectivity index (χ0n) is 13.6. The summed E-state index contributed by atoms with van der Waals surface area (Å²) in [5.41, 5.74) is 2.10. The van der Waals surface area contributed by atoms with Crippen LogP contribution >= 0.6 is 0 Å². The van der Waals surface area contributed by atoms with E-state index in [4.69, 9.17) is 0 Å². The lowest BCUT2D eigenvalue weighted by molar-refractivity contribution is 0.295. The number of hydrogen-bond acceptors (Lipinski definition) is 4. The van der Waals surface area contributed by atoms with Crippen LogP contribution in [-0.2, 0) is 0 Å². The van der Waals surface area contributed by atoms with Gasteiger partial charge in [0.25, 0.3) is 0 Å². The molecule has 5 heteroatoms. The molecule has 0 bridgehead atoms. The van der Waals surface area contributed by atoms with Crippen LogP contribution in [0.2, 0.25) is 0 Å². The first kappa shape index (κ1) is 15.8. The molecule has 21 heavy (non-hydrogen) atoms. The summed E-state index contributed by atoms with van der Waals surface area (Å²) in [5, 5.41) is 7.85. The van der Waals surface area contributed by atoms with Crippen LogP contribution in [0.15, 0.2) is 18.3 Å².